The fourth-order valence-electron chi connectivity index (χ4n) is 2.97. The molecule has 3 rings (SSSR count). The summed E-state index contributed by atoms with van der Waals surface area (Å²) in [5, 5.41) is 2.90. The smallest absolute Gasteiger partial charge is 0.223 e. The zero-order valence-corrected chi connectivity index (χ0v) is 17.1. The van der Waals surface area contributed by atoms with Crippen molar-refractivity contribution in [2.45, 2.75) is 26.8 Å². The summed E-state index contributed by atoms with van der Waals surface area (Å²) in [6, 6.07) is 17.3. The molecule has 1 unspecified atom stereocenters. The Bertz CT molecular complexity index is 976. The summed E-state index contributed by atoms with van der Waals surface area (Å²) in [4.78, 5) is 16.7. The number of benzene rings is 2. The van der Waals surface area contributed by atoms with Gasteiger partial charge in [-0.15, -0.1) is 0 Å². The molecule has 0 aliphatic carbocycles. The van der Waals surface area contributed by atoms with Crippen LogP contribution in [0.1, 0.15) is 25.0 Å². The number of para-hydroxylation sites is 2. The van der Waals surface area contributed by atoms with Crippen LogP contribution in [0.4, 0.5) is 4.39 Å². The molecule has 1 amide bonds. The summed E-state index contributed by atoms with van der Waals surface area (Å²) in [5.41, 5.74) is 1.65. The first-order valence-corrected chi connectivity index (χ1v) is 9.92. The topological polar surface area (TPSA) is 60.5 Å². The Kier molecular flexibility index (Phi) is 7.38. The largest absolute Gasteiger partial charge is 0.490 e. The molecule has 2 aromatic carbocycles. The molecule has 1 atom stereocenters. The third-order valence-corrected chi connectivity index (χ3v) is 4.51. The number of carbonyl (C=O) groups excluding carboxylic acids is 1. The van der Waals surface area contributed by atoms with E-state index >= 15 is 0 Å². The number of hydrogen-bond donors (Lipinski definition) is 1. The van der Waals surface area contributed by atoms with Gasteiger partial charge in [0.1, 0.15) is 5.82 Å². The van der Waals surface area contributed by atoms with Gasteiger partial charge in [0.2, 0.25) is 11.8 Å². The first-order chi connectivity index (χ1) is 14.5. The quantitative estimate of drug-likeness (QED) is 0.547. The van der Waals surface area contributed by atoms with E-state index in [1.54, 1.807) is 18.3 Å². The average Bonchev–Trinajstić information content (AvgIpc) is 2.74. The van der Waals surface area contributed by atoms with Crippen molar-refractivity contribution in [3.8, 4) is 17.4 Å². The molecule has 1 heterocycles. The van der Waals surface area contributed by atoms with Gasteiger partial charge in [-0.3, -0.25) is 4.79 Å². The Morgan fingerprint density at radius 1 is 1.07 bits per heavy atom. The van der Waals surface area contributed by atoms with Crippen molar-refractivity contribution in [2.75, 3.05) is 6.61 Å². The van der Waals surface area contributed by atoms with Gasteiger partial charge in [-0.2, -0.15) is 0 Å². The van der Waals surface area contributed by atoms with Crippen molar-refractivity contribution in [1.29, 1.82) is 0 Å². The zero-order chi connectivity index (χ0) is 21.3. The number of amides is 1. The second-order valence-corrected chi connectivity index (χ2v) is 6.94. The minimum atomic E-state index is -0.294. The zero-order valence-electron chi connectivity index (χ0n) is 17.1. The Labute approximate surface area is 175 Å². The molecule has 0 saturated heterocycles. The standard InChI is InChI=1S/C24H25FN2O3/c1-3-29-21-9-4-5-10-22(21)30-23-12-11-19(15-26-23)16-27-24(28)17(2)13-18-7-6-8-20(25)14-18/h4-12,14-15,17H,3,13,16H2,1-2H3,(H,27,28). The predicted octanol–water partition coefficient (Wildman–Crippen LogP) is 4.91. The molecule has 0 aliphatic rings. The number of rotatable bonds is 9. The van der Waals surface area contributed by atoms with Crippen LogP contribution in [-0.4, -0.2) is 17.5 Å². The van der Waals surface area contributed by atoms with Crippen LogP contribution in [0, 0.1) is 11.7 Å². The van der Waals surface area contributed by atoms with Gasteiger partial charge < -0.3 is 14.8 Å². The van der Waals surface area contributed by atoms with Gasteiger partial charge in [0.05, 0.1) is 6.61 Å². The Morgan fingerprint density at radius 2 is 1.87 bits per heavy atom. The normalized spacial score (nSPS) is 11.6. The molecule has 0 fully saturated rings. The number of aromatic nitrogens is 1. The lowest BCUT2D eigenvalue weighted by atomic mass is 10.0. The minimum Gasteiger partial charge on any atom is -0.490 e. The van der Waals surface area contributed by atoms with Crippen molar-refractivity contribution < 1.29 is 18.7 Å². The van der Waals surface area contributed by atoms with Gasteiger partial charge in [-0.25, -0.2) is 9.37 Å². The molecular formula is C24H25FN2O3. The lowest BCUT2D eigenvalue weighted by Crippen LogP contribution is -2.29. The van der Waals surface area contributed by atoms with Crippen LogP contribution in [0.25, 0.3) is 0 Å². The Balaban J connectivity index is 1.52. The summed E-state index contributed by atoms with van der Waals surface area (Å²) in [5.74, 6) is 1.04. The number of nitrogens with one attached hydrogen (secondary N) is 1. The third-order valence-electron chi connectivity index (χ3n) is 4.51. The maximum absolute atomic E-state index is 13.3. The third kappa shape index (κ3) is 6.04. The Morgan fingerprint density at radius 3 is 2.57 bits per heavy atom. The van der Waals surface area contributed by atoms with E-state index in [4.69, 9.17) is 9.47 Å². The van der Waals surface area contributed by atoms with Gasteiger partial charge in [0.15, 0.2) is 11.5 Å². The molecule has 1 N–H and O–H groups in total. The number of nitrogens with zero attached hydrogens (tertiary/aromatic N) is 1. The summed E-state index contributed by atoms with van der Waals surface area (Å²) in [6.45, 7) is 4.64. The molecule has 0 saturated carbocycles. The second kappa shape index (κ2) is 10.4. The summed E-state index contributed by atoms with van der Waals surface area (Å²) < 4.78 is 24.6. The lowest BCUT2D eigenvalue weighted by Gasteiger charge is -2.13. The highest BCUT2D eigenvalue weighted by atomic mass is 19.1. The summed E-state index contributed by atoms with van der Waals surface area (Å²) in [6.07, 6.45) is 2.14. The molecule has 0 bridgehead atoms. The number of halogens is 1. The van der Waals surface area contributed by atoms with Crippen molar-refractivity contribution in [3.05, 3.63) is 83.8 Å². The fourth-order valence-corrected chi connectivity index (χ4v) is 2.97. The average molecular weight is 408 g/mol. The molecule has 1 aromatic heterocycles. The monoisotopic (exact) mass is 408 g/mol. The van der Waals surface area contributed by atoms with Crippen molar-refractivity contribution in [1.82, 2.24) is 10.3 Å². The van der Waals surface area contributed by atoms with Crippen LogP contribution >= 0.6 is 0 Å². The van der Waals surface area contributed by atoms with E-state index in [9.17, 15) is 9.18 Å². The van der Waals surface area contributed by atoms with Crippen LogP contribution in [-0.2, 0) is 17.8 Å². The first-order valence-electron chi connectivity index (χ1n) is 9.92. The molecule has 0 spiro atoms. The van der Waals surface area contributed by atoms with E-state index in [1.807, 2.05) is 50.2 Å². The molecule has 0 radical (unpaired) electrons. The Hall–Kier alpha value is -3.41. The van der Waals surface area contributed by atoms with E-state index in [1.165, 1.54) is 12.1 Å². The highest BCUT2D eigenvalue weighted by Crippen LogP contribution is 2.30. The lowest BCUT2D eigenvalue weighted by molar-refractivity contribution is -0.124. The van der Waals surface area contributed by atoms with Crippen LogP contribution in [0.2, 0.25) is 0 Å². The highest BCUT2D eigenvalue weighted by Gasteiger charge is 2.14. The van der Waals surface area contributed by atoms with Crippen molar-refractivity contribution in [3.63, 3.8) is 0 Å². The van der Waals surface area contributed by atoms with Crippen LogP contribution in [0.5, 0.6) is 17.4 Å². The van der Waals surface area contributed by atoms with E-state index in [0.29, 0.717) is 37.0 Å². The number of ether oxygens (including phenoxy) is 2. The number of carbonyl (C=O) groups is 1. The summed E-state index contributed by atoms with van der Waals surface area (Å²) >= 11 is 0. The highest BCUT2D eigenvalue weighted by molar-refractivity contribution is 5.78. The van der Waals surface area contributed by atoms with Gasteiger partial charge in [0.25, 0.3) is 0 Å². The van der Waals surface area contributed by atoms with E-state index in [0.717, 1.165) is 11.1 Å². The van der Waals surface area contributed by atoms with E-state index in [-0.39, 0.29) is 17.6 Å². The molecule has 5 nitrogen and oxygen atoms in total. The molecule has 156 valence electrons. The SMILES string of the molecule is CCOc1ccccc1Oc1ccc(CNC(=O)C(C)Cc2cccc(F)c2)cn1. The second-order valence-electron chi connectivity index (χ2n) is 6.94. The predicted molar refractivity (Wildman–Crippen MR) is 113 cm³/mol. The van der Waals surface area contributed by atoms with E-state index < -0.39 is 0 Å². The van der Waals surface area contributed by atoms with Gasteiger partial charge in [-0.1, -0.05) is 37.3 Å². The maximum Gasteiger partial charge on any atom is 0.223 e. The van der Waals surface area contributed by atoms with Gasteiger partial charge in [-0.05, 0) is 48.7 Å². The number of hydrogen-bond acceptors (Lipinski definition) is 4. The van der Waals surface area contributed by atoms with Crippen LogP contribution < -0.4 is 14.8 Å². The molecule has 0 aliphatic heterocycles. The molecular weight excluding hydrogens is 383 g/mol. The van der Waals surface area contributed by atoms with Crippen molar-refractivity contribution in [2.24, 2.45) is 5.92 Å². The minimum absolute atomic E-state index is 0.0924. The summed E-state index contributed by atoms with van der Waals surface area (Å²) in [7, 11) is 0. The van der Waals surface area contributed by atoms with Gasteiger partial charge in [0, 0.05) is 24.7 Å². The first kappa shape index (κ1) is 21.3. The van der Waals surface area contributed by atoms with E-state index in [2.05, 4.69) is 10.3 Å². The van der Waals surface area contributed by atoms with Crippen LogP contribution in [0.3, 0.4) is 0 Å². The maximum atomic E-state index is 13.3. The fraction of sp³-hybridized carbons (Fsp3) is 0.250. The van der Waals surface area contributed by atoms with Crippen LogP contribution in [0.15, 0.2) is 66.9 Å². The molecule has 30 heavy (non-hydrogen) atoms. The van der Waals surface area contributed by atoms with Gasteiger partial charge >= 0.3 is 0 Å². The number of pyridine rings is 1. The van der Waals surface area contributed by atoms with Crippen molar-refractivity contribution >= 4 is 5.91 Å². The molecule has 3 aromatic rings. The molecule has 6 heteroatoms.